The lowest BCUT2D eigenvalue weighted by atomic mass is 10.4. The lowest BCUT2D eigenvalue weighted by Crippen LogP contribution is -2.25. The normalized spacial score (nSPS) is 14.8. The van der Waals surface area contributed by atoms with Crippen LogP contribution in [0.3, 0.4) is 0 Å². The summed E-state index contributed by atoms with van der Waals surface area (Å²) in [5.41, 5.74) is 0. The average Bonchev–Trinajstić information content (AvgIpc) is 3.05. The lowest BCUT2D eigenvalue weighted by molar-refractivity contribution is -0.120. The Balaban J connectivity index is 1.66. The van der Waals surface area contributed by atoms with Crippen molar-refractivity contribution in [1.29, 1.82) is 0 Å². The second-order valence-corrected chi connectivity index (χ2v) is 5.50. The number of hydrogen-bond donors (Lipinski definition) is 1. The van der Waals surface area contributed by atoms with Crippen molar-refractivity contribution in [3.05, 3.63) is 29.3 Å². The van der Waals surface area contributed by atoms with Gasteiger partial charge in [-0.05, 0) is 37.1 Å². The van der Waals surface area contributed by atoms with E-state index in [1.807, 2.05) is 24.3 Å². The van der Waals surface area contributed by atoms with Crippen LogP contribution in [0.15, 0.2) is 29.2 Å². The Kier molecular flexibility index (Phi) is 4.13. The van der Waals surface area contributed by atoms with Gasteiger partial charge in [0.2, 0.25) is 5.91 Å². The SMILES string of the molecule is O=C(CCSc1ccc(Cl)cc1)NC1CC1. The van der Waals surface area contributed by atoms with E-state index in [0.717, 1.165) is 28.5 Å². The molecule has 0 saturated heterocycles. The fourth-order valence-corrected chi connectivity index (χ4v) is 2.30. The Morgan fingerprint density at radius 2 is 2.06 bits per heavy atom. The number of nitrogens with one attached hydrogen (secondary N) is 1. The molecule has 0 aromatic heterocycles. The number of halogens is 1. The van der Waals surface area contributed by atoms with Crippen LogP contribution in [0.1, 0.15) is 19.3 Å². The van der Waals surface area contributed by atoms with Crippen LogP contribution in [0.25, 0.3) is 0 Å². The molecule has 0 atom stereocenters. The minimum Gasteiger partial charge on any atom is -0.353 e. The fourth-order valence-electron chi connectivity index (χ4n) is 1.32. The first-order valence-electron chi connectivity index (χ1n) is 5.42. The Labute approximate surface area is 105 Å². The number of rotatable bonds is 5. The maximum atomic E-state index is 11.4. The Bertz CT molecular complexity index is 362. The van der Waals surface area contributed by atoms with Gasteiger partial charge in [-0.1, -0.05) is 11.6 Å². The lowest BCUT2D eigenvalue weighted by Gasteiger charge is -2.03. The van der Waals surface area contributed by atoms with Gasteiger partial charge >= 0.3 is 0 Å². The van der Waals surface area contributed by atoms with Crippen molar-refractivity contribution in [3.63, 3.8) is 0 Å². The molecule has 86 valence electrons. The summed E-state index contributed by atoms with van der Waals surface area (Å²) in [4.78, 5) is 12.5. The molecule has 2 nitrogen and oxygen atoms in total. The predicted octanol–water partition coefficient (Wildman–Crippen LogP) is 3.10. The minimum absolute atomic E-state index is 0.170. The molecule has 0 radical (unpaired) electrons. The van der Waals surface area contributed by atoms with Crippen molar-refractivity contribution in [1.82, 2.24) is 5.32 Å². The minimum atomic E-state index is 0.170. The predicted molar refractivity (Wildman–Crippen MR) is 68.0 cm³/mol. The van der Waals surface area contributed by atoms with Gasteiger partial charge < -0.3 is 5.32 Å². The maximum Gasteiger partial charge on any atom is 0.221 e. The molecule has 0 aliphatic heterocycles. The molecule has 0 bridgehead atoms. The molecular weight excluding hydrogens is 242 g/mol. The maximum absolute atomic E-state index is 11.4. The van der Waals surface area contributed by atoms with Gasteiger partial charge in [0.05, 0.1) is 0 Å². The van der Waals surface area contributed by atoms with Crippen molar-refractivity contribution in [3.8, 4) is 0 Å². The van der Waals surface area contributed by atoms with Gasteiger partial charge in [-0.2, -0.15) is 0 Å². The highest BCUT2D eigenvalue weighted by Gasteiger charge is 2.22. The molecule has 0 spiro atoms. The first-order valence-corrected chi connectivity index (χ1v) is 6.78. The average molecular weight is 256 g/mol. The smallest absolute Gasteiger partial charge is 0.221 e. The van der Waals surface area contributed by atoms with Crippen molar-refractivity contribution >= 4 is 29.3 Å². The number of hydrogen-bond acceptors (Lipinski definition) is 2. The monoisotopic (exact) mass is 255 g/mol. The Morgan fingerprint density at radius 1 is 1.38 bits per heavy atom. The van der Waals surface area contributed by atoms with Crippen LogP contribution in [-0.4, -0.2) is 17.7 Å². The molecule has 1 saturated carbocycles. The standard InChI is InChI=1S/C12H14ClNOS/c13-9-1-5-11(6-2-9)16-8-7-12(15)14-10-3-4-10/h1-2,5-6,10H,3-4,7-8H2,(H,14,15). The number of carbonyl (C=O) groups excluding carboxylic acids is 1. The summed E-state index contributed by atoms with van der Waals surface area (Å²) in [6.45, 7) is 0. The van der Waals surface area contributed by atoms with Crippen molar-refractivity contribution < 1.29 is 4.79 Å². The third-order valence-corrected chi connectivity index (χ3v) is 3.62. The largest absolute Gasteiger partial charge is 0.353 e. The highest BCUT2D eigenvalue weighted by molar-refractivity contribution is 7.99. The van der Waals surface area contributed by atoms with Crippen molar-refractivity contribution in [2.75, 3.05) is 5.75 Å². The summed E-state index contributed by atoms with van der Waals surface area (Å²) in [5, 5.41) is 3.72. The molecule has 0 heterocycles. The molecule has 4 heteroatoms. The highest BCUT2D eigenvalue weighted by atomic mass is 35.5. The zero-order valence-electron chi connectivity index (χ0n) is 8.91. The molecule has 16 heavy (non-hydrogen) atoms. The van der Waals surface area contributed by atoms with Gasteiger partial charge in [-0.15, -0.1) is 11.8 Å². The Morgan fingerprint density at radius 3 is 2.69 bits per heavy atom. The molecule has 1 aliphatic rings. The van der Waals surface area contributed by atoms with Crippen LogP contribution in [0.4, 0.5) is 0 Å². The van der Waals surface area contributed by atoms with E-state index in [-0.39, 0.29) is 5.91 Å². The van der Waals surface area contributed by atoms with Gasteiger partial charge in [-0.3, -0.25) is 4.79 Å². The fraction of sp³-hybridized carbons (Fsp3) is 0.417. The summed E-state index contributed by atoms with van der Waals surface area (Å²) in [6.07, 6.45) is 2.88. The van der Waals surface area contributed by atoms with Crippen LogP contribution < -0.4 is 5.32 Å². The zero-order chi connectivity index (χ0) is 11.4. The number of thioether (sulfide) groups is 1. The zero-order valence-corrected chi connectivity index (χ0v) is 10.5. The summed E-state index contributed by atoms with van der Waals surface area (Å²) in [6, 6.07) is 8.16. The molecule has 2 rings (SSSR count). The molecule has 1 aliphatic carbocycles. The van der Waals surface area contributed by atoms with Crippen LogP contribution in [0.5, 0.6) is 0 Å². The summed E-state index contributed by atoms with van der Waals surface area (Å²) < 4.78 is 0. The summed E-state index contributed by atoms with van der Waals surface area (Å²) in [7, 11) is 0. The van der Waals surface area contributed by atoms with Gasteiger partial charge in [0.15, 0.2) is 0 Å². The molecule has 1 aromatic carbocycles. The van der Waals surface area contributed by atoms with Gasteiger partial charge in [0.25, 0.3) is 0 Å². The van der Waals surface area contributed by atoms with Crippen LogP contribution in [0.2, 0.25) is 5.02 Å². The number of amides is 1. The highest BCUT2D eigenvalue weighted by Crippen LogP contribution is 2.22. The Hall–Kier alpha value is -0.670. The van der Waals surface area contributed by atoms with Crippen LogP contribution in [0, 0.1) is 0 Å². The second kappa shape index (κ2) is 5.60. The van der Waals surface area contributed by atoms with Crippen molar-refractivity contribution in [2.24, 2.45) is 0 Å². The van der Waals surface area contributed by atoms with E-state index in [9.17, 15) is 4.79 Å². The second-order valence-electron chi connectivity index (χ2n) is 3.89. The number of carbonyl (C=O) groups is 1. The first kappa shape index (κ1) is 11.8. The molecule has 1 fully saturated rings. The molecule has 1 N–H and O–H groups in total. The third-order valence-electron chi connectivity index (χ3n) is 2.35. The van der Waals surface area contributed by atoms with Gasteiger partial charge in [0, 0.05) is 28.1 Å². The van der Waals surface area contributed by atoms with Gasteiger partial charge in [-0.25, -0.2) is 0 Å². The van der Waals surface area contributed by atoms with Crippen molar-refractivity contribution in [2.45, 2.75) is 30.2 Å². The first-order chi connectivity index (χ1) is 7.74. The van der Waals surface area contributed by atoms with E-state index in [4.69, 9.17) is 11.6 Å². The summed E-state index contributed by atoms with van der Waals surface area (Å²) in [5.74, 6) is 0.990. The number of benzene rings is 1. The van der Waals surface area contributed by atoms with E-state index in [0.29, 0.717) is 12.5 Å². The third kappa shape index (κ3) is 4.06. The molecule has 1 amide bonds. The van der Waals surface area contributed by atoms with E-state index in [2.05, 4.69) is 5.32 Å². The van der Waals surface area contributed by atoms with Crippen LogP contribution in [-0.2, 0) is 4.79 Å². The van der Waals surface area contributed by atoms with Gasteiger partial charge in [0.1, 0.15) is 0 Å². The van der Waals surface area contributed by atoms with E-state index >= 15 is 0 Å². The molecule has 1 aromatic rings. The van der Waals surface area contributed by atoms with E-state index in [1.54, 1.807) is 11.8 Å². The van der Waals surface area contributed by atoms with E-state index < -0.39 is 0 Å². The van der Waals surface area contributed by atoms with E-state index in [1.165, 1.54) is 0 Å². The quantitative estimate of drug-likeness (QED) is 0.820. The summed E-state index contributed by atoms with van der Waals surface area (Å²) >= 11 is 7.47. The van der Waals surface area contributed by atoms with Crippen LogP contribution >= 0.6 is 23.4 Å². The topological polar surface area (TPSA) is 29.1 Å². The molecular formula is C12H14ClNOS. The molecule has 0 unspecified atom stereocenters.